The molecule has 2 aliphatic rings. The molecule has 3 rings (SSSR count). The van der Waals surface area contributed by atoms with E-state index in [9.17, 15) is 13.6 Å². The molecule has 1 amide bonds. The third-order valence-corrected chi connectivity index (χ3v) is 5.58. The minimum atomic E-state index is -0.594. The third-order valence-electron chi connectivity index (χ3n) is 5.58. The molecule has 2 heterocycles. The second kappa shape index (κ2) is 7.24. The van der Waals surface area contributed by atoms with Crippen LogP contribution in [0, 0.1) is 17.0 Å². The molecular weight excluding hydrogens is 322 g/mol. The topological polar surface area (TPSA) is 23.6 Å². The van der Waals surface area contributed by atoms with Crippen molar-refractivity contribution in [2.75, 3.05) is 26.2 Å². The van der Waals surface area contributed by atoms with E-state index in [1.54, 1.807) is 4.90 Å². The van der Waals surface area contributed by atoms with E-state index >= 15 is 0 Å². The molecule has 3 nitrogen and oxygen atoms in total. The highest BCUT2D eigenvalue weighted by Gasteiger charge is 2.44. The van der Waals surface area contributed by atoms with Gasteiger partial charge in [0.1, 0.15) is 11.6 Å². The van der Waals surface area contributed by atoms with Crippen LogP contribution in [0.3, 0.4) is 0 Å². The summed E-state index contributed by atoms with van der Waals surface area (Å²) in [4.78, 5) is 16.6. The molecule has 0 unspecified atom stereocenters. The van der Waals surface area contributed by atoms with Crippen LogP contribution in [0.4, 0.5) is 8.78 Å². The SMILES string of the molecule is C/C=C(\C)CN1CCC2(CC1)CC(=O)N(Cc1cc(F)cc(F)c1)C2. The summed E-state index contributed by atoms with van der Waals surface area (Å²) >= 11 is 0. The number of rotatable bonds is 4. The number of carbonyl (C=O) groups is 1. The lowest BCUT2D eigenvalue weighted by molar-refractivity contribution is -0.128. The predicted molar refractivity (Wildman–Crippen MR) is 93.9 cm³/mol. The number of piperidine rings is 1. The van der Waals surface area contributed by atoms with Crippen LogP contribution in [0.5, 0.6) is 0 Å². The zero-order valence-electron chi connectivity index (χ0n) is 15.0. The van der Waals surface area contributed by atoms with Crippen LogP contribution in [0.25, 0.3) is 0 Å². The first-order chi connectivity index (χ1) is 11.9. The first-order valence-corrected chi connectivity index (χ1v) is 8.96. The second-order valence-electron chi connectivity index (χ2n) is 7.62. The number of amides is 1. The normalized spacial score (nSPS) is 21.4. The van der Waals surface area contributed by atoms with Crippen molar-refractivity contribution in [3.63, 3.8) is 0 Å². The van der Waals surface area contributed by atoms with E-state index in [1.807, 2.05) is 0 Å². The van der Waals surface area contributed by atoms with Gasteiger partial charge in [0.15, 0.2) is 0 Å². The fourth-order valence-corrected chi connectivity index (χ4v) is 4.01. The van der Waals surface area contributed by atoms with Crippen molar-refractivity contribution in [1.29, 1.82) is 0 Å². The van der Waals surface area contributed by atoms with Gasteiger partial charge in [0, 0.05) is 32.1 Å². The van der Waals surface area contributed by atoms with Crippen molar-refractivity contribution in [2.24, 2.45) is 5.41 Å². The number of hydrogen-bond acceptors (Lipinski definition) is 2. The molecule has 2 aliphatic heterocycles. The molecule has 0 atom stereocenters. The number of likely N-dealkylation sites (tertiary alicyclic amines) is 2. The molecule has 1 aromatic rings. The van der Waals surface area contributed by atoms with Crippen molar-refractivity contribution in [3.8, 4) is 0 Å². The van der Waals surface area contributed by atoms with Crippen molar-refractivity contribution in [2.45, 2.75) is 39.7 Å². The Kier molecular flexibility index (Phi) is 5.23. The number of halogens is 2. The molecule has 0 aromatic heterocycles. The van der Waals surface area contributed by atoms with E-state index in [2.05, 4.69) is 24.8 Å². The summed E-state index contributed by atoms with van der Waals surface area (Å²) in [6, 6.07) is 3.48. The van der Waals surface area contributed by atoms with Crippen LogP contribution in [-0.4, -0.2) is 41.9 Å². The number of allylic oxidation sites excluding steroid dienone is 1. The maximum Gasteiger partial charge on any atom is 0.223 e. The summed E-state index contributed by atoms with van der Waals surface area (Å²) in [5.41, 5.74) is 1.92. The van der Waals surface area contributed by atoms with Gasteiger partial charge in [-0.3, -0.25) is 9.69 Å². The summed E-state index contributed by atoms with van der Waals surface area (Å²) in [6.07, 6.45) is 4.71. The second-order valence-corrected chi connectivity index (χ2v) is 7.62. The van der Waals surface area contributed by atoms with E-state index in [0.717, 1.165) is 38.5 Å². The number of benzene rings is 1. The predicted octanol–water partition coefficient (Wildman–Crippen LogP) is 3.75. The van der Waals surface area contributed by atoms with E-state index in [-0.39, 0.29) is 17.9 Å². The lowest BCUT2D eigenvalue weighted by atomic mass is 9.77. The minimum Gasteiger partial charge on any atom is -0.338 e. The smallest absolute Gasteiger partial charge is 0.223 e. The van der Waals surface area contributed by atoms with Crippen molar-refractivity contribution in [3.05, 3.63) is 47.0 Å². The lowest BCUT2D eigenvalue weighted by Crippen LogP contribution is -2.42. The van der Waals surface area contributed by atoms with Crippen LogP contribution >= 0.6 is 0 Å². The molecule has 0 saturated carbocycles. The van der Waals surface area contributed by atoms with E-state index in [1.165, 1.54) is 17.7 Å². The summed E-state index contributed by atoms with van der Waals surface area (Å²) in [5, 5.41) is 0. The fraction of sp³-hybridized carbons (Fsp3) is 0.550. The first kappa shape index (κ1) is 18.1. The van der Waals surface area contributed by atoms with E-state index in [0.29, 0.717) is 18.5 Å². The molecule has 2 fully saturated rings. The average Bonchev–Trinajstić information content (AvgIpc) is 2.84. The van der Waals surface area contributed by atoms with Gasteiger partial charge in [-0.15, -0.1) is 0 Å². The lowest BCUT2D eigenvalue weighted by Gasteiger charge is -2.39. The molecule has 25 heavy (non-hydrogen) atoms. The average molecular weight is 348 g/mol. The van der Waals surface area contributed by atoms with Crippen molar-refractivity contribution >= 4 is 5.91 Å². The highest BCUT2D eigenvalue weighted by atomic mass is 19.1. The van der Waals surface area contributed by atoms with Gasteiger partial charge in [-0.05, 0) is 62.9 Å². The van der Waals surface area contributed by atoms with Gasteiger partial charge in [-0.1, -0.05) is 11.6 Å². The number of nitrogens with zero attached hydrogens (tertiary/aromatic N) is 2. The first-order valence-electron chi connectivity index (χ1n) is 8.96. The largest absolute Gasteiger partial charge is 0.338 e. The van der Waals surface area contributed by atoms with E-state index in [4.69, 9.17) is 0 Å². The highest BCUT2D eigenvalue weighted by molar-refractivity contribution is 5.79. The van der Waals surface area contributed by atoms with Gasteiger partial charge >= 0.3 is 0 Å². The highest BCUT2D eigenvalue weighted by Crippen LogP contribution is 2.41. The zero-order chi connectivity index (χ0) is 18.0. The summed E-state index contributed by atoms with van der Waals surface area (Å²) in [5.74, 6) is -1.09. The standard InChI is InChI=1S/C20H26F2N2O/c1-3-15(2)12-23-6-4-20(5-7-23)11-19(25)24(14-20)13-16-8-17(21)10-18(22)9-16/h3,8-10H,4-7,11-14H2,1-2H3/b15-3+. The Bertz CT molecular complexity index is 658. The summed E-state index contributed by atoms with van der Waals surface area (Å²) in [7, 11) is 0. The van der Waals surface area contributed by atoms with Gasteiger partial charge < -0.3 is 4.90 Å². The van der Waals surface area contributed by atoms with Crippen LogP contribution < -0.4 is 0 Å². The van der Waals surface area contributed by atoms with Gasteiger partial charge in [0.25, 0.3) is 0 Å². The molecule has 0 N–H and O–H groups in total. The van der Waals surface area contributed by atoms with Crippen LogP contribution in [-0.2, 0) is 11.3 Å². The van der Waals surface area contributed by atoms with Crippen LogP contribution in [0.1, 0.15) is 38.7 Å². The van der Waals surface area contributed by atoms with Gasteiger partial charge in [-0.2, -0.15) is 0 Å². The third kappa shape index (κ3) is 4.27. The number of hydrogen-bond donors (Lipinski definition) is 0. The fourth-order valence-electron chi connectivity index (χ4n) is 4.01. The van der Waals surface area contributed by atoms with Crippen LogP contribution in [0.2, 0.25) is 0 Å². The molecular formula is C20H26F2N2O. The molecule has 1 aromatic carbocycles. The Hall–Kier alpha value is -1.75. The zero-order valence-corrected chi connectivity index (χ0v) is 15.0. The Labute approximate surface area is 148 Å². The summed E-state index contributed by atoms with van der Waals surface area (Å²) < 4.78 is 26.7. The molecule has 1 spiro atoms. The monoisotopic (exact) mass is 348 g/mol. The Balaban J connectivity index is 1.61. The molecule has 136 valence electrons. The van der Waals surface area contributed by atoms with Gasteiger partial charge in [0.05, 0.1) is 0 Å². The minimum absolute atomic E-state index is 0.0310. The maximum absolute atomic E-state index is 13.4. The Morgan fingerprint density at radius 1 is 1.20 bits per heavy atom. The molecule has 5 heteroatoms. The molecule has 2 saturated heterocycles. The molecule has 0 bridgehead atoms. The van der Waals surface area contributed by atoms with Crippen LogP contribution in [0.15, 0.2) is 29.8 Å². The quantitative estimate of drug-likeness (QED) is 0.774. The van der Waals surface area contributed by atoms with Crippen molar-refractivity contribution < 1.29 is 13.6 Å². The molecule has 0 aliphatic carbocycles. The molecule has 0 radical (unpaired) electrons. The summed E-state index contributed by atoms with van der Waals surface area (Å²) in [6.45, 7) is 8.18. The van der Waals surface area contributed by atoms with Crippen molar-refractivity contribution in [1.82, 2.24) is 9.80 Å². The van der Waals surface area contributed by atoms with Gasteiger partial charge in [-0.25, -0.2) is 8.78 Å². The Morgan fingerprint density at radius 3 is 2.44 bits per heavy atom. The van der Waals surface area contributed by atoms with Gasteiger partial charge in [0.2, 0.25) is 5.91 Å². The number of carbonyl (C=O) groups excluding carboxylic acids is 1. The van der Waals surface area contributed by atoms with E-state index < -0.39 is 11.6 Å². The Morgan fingerprint density at radius 2 is 1.84 bits per heavy atom. The maximum atomic E-state index is 13.4.